The lowest BCUT2D eigenvalue weighted by Gasteiger charge is -2.22. The monoisotopic (exact) mass is 407 g/mol. The zero-order valence-electron chi connectivity index (χ0n) is 17.0. The average molecular weight is 408 g/mol. The van der Waals surface area contributed by atoms with Crippen LogP contribution in [0.5, 0.6) is 0 Å². The highest BCUT2D eigenvalue weighted by Crippen LogP contribution is 2.29. The largest absolute Gasteiger partial charge is 0.239 e. The molecule has 0 saturated carbocycles. The van der Waals surface area contributed by atoms with E-state index in [0.29, 0.717) is 17.9 Å². The Hall–Kier alpha value is -2.70. The van der Waals surface area contributed by atoms with Gasteiger partial charge in [0.05, 0.1) is 16.3 Å². The molecule has 0 bridgehead atoms. The first kappa shape index (κ1) is 19.6. The number of aromatic nitrogens is 2. The van der Waals surface area contributed by atoms with Crippen molar-refractivity contribution in [2.24, 2.45) is 0 Å². The van der Waals surface area contributed by atoms with Gasteiger partial charge in [0, 0.05) is 24.8 Å². The van der Waals surface area contributed by atoms with E-state index in [4.69, 9.17) is 0 Å². The maximum absolute atomic E-state index is 13.2. The minimum atomic E-state index is -3.53. The number of para-hydroxylation sites is 1. The number of allylic oxidation sites excluding steroid dienone is 1. The van der Waals surface area contributed by atoms with Crippen molar-refractivity contribution in [3.63, 3.8) is 0 Å². The van der Waals surface area contributed by atoms with E-state index in [2.05, 4.69) is 11.2 Å². The number of rotatable bonds is 5. The first-order chi connectivity index (χ1) is 13.9. The smallest absolute Gasteiger partial charge is 0.238 e. The molecule has 1 heterocycles. The van der Waals surface area contributed by atoms with Crippen molar-refractivity contribution in [3.8, 4) is 5.69 Å². The number of fused-ring (bicyclic) bond motifs is 1. The van der Waals surface area contributed by atoms with E-state index < -0.39 is 10.0 Å². The molecule has 0 amide bonds. The van der Waals surface area contributed by atoms with E-state index in [9.17, 15) is 8.42 Å². The van der Waals surface area contributed by atoms with Crippen LogP contribution < -0.4 is 0 Å². The highest BCUT2D eigenvalue weighted by atomic mass is 32.2. The van der Waals surface area contributed by atoms with Crippen LogP contribution in [-0.2, 0) is 23.0 Å². The molecule has 1 aromatic heterocycles. The number of aryl methyl sites for hydroxylation is 2. The quantitative estimate of drug-likeness (QED) is 0.636. The van der Waals surface area contributed by atoms with Crippen LogP contribution in [0.3, 0.4) is 0 Å². The van der Waals surface area contributed by atoms with Gasteiger partial charge in [0.1, 0.15) is 0 Å². The van der Waals surface area contributed by atoms with Gasteiger partial charge >= 0.3 is 0 Å². The lowest BCUT2D eigenvalue weighted by molar-refractivity contribution is 0.469. The summed E-state index contributed by atoms with van der Waals surface area (Å²) in [6.07, 6.45) is 3.10. The minimum absolute atomic E-state index is 0.297. The minimum Gasteiger partial charge on any atom is -0.238 e. The predicted molar refractivity (Wildman–Crippen MR) is 116 cm³/mol. The highest BCUT2D eigenvalue weighted by Gasteiger charge is 2.27. The third-order valence-electron chi connectivity index (χ3n) is 5.58. The van der Waals surface area contributed by atoms with E-state index >= 15 is 0 Å². The lowest BCUT2D eigenvalue weighted by atomic mass is 9.98. The van der Waals surface area contributed by atoms with E-state index in [0.717, 1.165) is 34.6 Å². The van der Waals surface area contributed by atoms with Gasteiger partial charge in [0.2, 0.25) is 10.0 Å². The average Bonchev–Trinajstić information content (AvgIpc) is 3.02. The summed E-state index contributed by atoms with van der Waals surface area (Å²) >= 11 is 0. The van der Waals surface area contributed by atoms with E-state index in [1.54, 1.807) is 7.05 Å². The van der Waals surface area contributed by atoms with Crippen LogP contribution >= 0.6 is 0 Å². The fourth-order valence-electron chi connectivity index (χ4n) is 3.84. The Bertz CT molecular complexity index is 1180. The number of sulfonamides is 1. The summed E-state index contributed by atoms with van der Waals surface area (Å²) in [5.41, 5.74) is 5.91. The van der Waals surface area contributed by atoms with Gasteiger partial charge in [-0.25, -0.2) is 13.1 Å². The van der Waals surface area contributed by atoms with Crippen LogP contribution in [0.4, 0.5) is 0 Å². The van der Waals surface area contributed by atoms with Crippen LogP contribution in [0.25, 0.3) is 11.8 Å². The summed E-state index contributed by atoms with van der Waals surface area (Å²) in [6, 6.07) is 17.9. The van der Waals surface area contributed by atoms with Gasteiger partial charge in [-0.1, -0.05) is 42.5 Å². The van der Waals surface area contributed by atoms with Gasteiger partial charge in [-0.15, -0.1) is 0 Å². The Labute approximate surface area is 172 Å². The van der Waals surface area contributed by atoms with Crippen molar-refractivity contribution in [2.75, 3.05) is 7.05 Å². The molecule has 2 aromatic carbocycles. The molecule has 0 fully saturated rings. The number of nitrogens with zero attached hydrogens (tertiary/aromatic N) is 3. The van der Waals surface area contributed by atoms with Crippen molar-refractivity contribution < 1.29 is 8.42 Å². The highest BCUT2D eigenvalue weighted by molar-refractivity contribution is 7.93. The molecule has 29 heavy (non-hydrogen) atoms. The maximum Gasteiger partial charge on any atom is 0.239 e. The van der Waals surface area contributed by atoms with Gasteiger partial charge in [-0.05, 0) is 56.0 Å². The zero-order chi connectivity index (χ0) is 20.6. The Balaban J connectivity index is 1.62. The molecule has 0 atom stereocenters. The lowest BCUT2D eigenvalue weighted by Crippen LogP contribution is -2.29. The normalized spacial score (nSPS) is 14.0. The summed E-state index contributed by atoms with van der Waals surface area (Å²) < 4.78 is 29.8. The van der Waals surface area contributed by atoms with E-state index in [1.165, 1.54) is 9.87 Å². The summed E-state index contributed by atoms with van der Waals surface area (Å²) in [6.45, 7) is 4.21. The second-order valence-corrected chi connectivity index (χ2v) is 9.57. The molecule has 4 rings (SSSR count). The second-order valence-electron chi connectivity index (χ2n) is 7.47. The first-order valence-electron chi connectivity index (χ1n) is 9.73. The molecule has 0 saturated heterocycles. The van der Waals surface area contributed by atoms with Gasteiger partial charge < -0.3 is 0 Å². The SMILES string of the molecule is Cc1nn(-c2ccccc2)c(C)c1CN(C)S(=O)(=O)C1=Cc2ccccc2CC1. The topological polar surface area (TPSA) is 55.2 Å². The van der Waals surface area contributed by atoms with Crippen LogP contribution in [0.1, 0.15) is 34.5 Å². The van der Waals surface area contributed by atoms with Gasteiger partial charge in [0.15, 0.2) is 0 Å². The molecule has 6 heteroatoms. The second kappa shape index (κ2) is 7.61. The number of benzene rings is 2. The molecular weight excluding hydrogens is 382 g/mol. The molecule has 5 nitrogen and oxygen atoms in total. The third-order valence-corrected chi connectivity index (χ3v) is 7.51. The fraction of sp³-hybridized carbons (Fsp3) is 0.261. The number of hydrogen-bond donors (Lipinski definition) is 0. The van der Waals surface area contributed by atoms with Crippen molar-refractivity contribution in [1.82, 2.24) is 14.1 Å². The Morgan fingerprint density at radius 2 is 1.69 bits per heavy atom. The van der Waals surface area contributed by atoms with Crippen molar-refractivity contribution in [2.45, 2.75) is 33.2 Å². The molecule has 3 aromatic rings. The molecule has 150 valence electrons. The number of hydrogen-bond acceptors (Lipinski definition) is 3. The van der Waals surface area contributed by atoms with E-state index in [1.807, 2.05) is 73.1 Å². The summed E-state index contributed by atoms with van der Waals surface area (Å²) in [5, 5.41) is 4.64. The third kappa shape index (κ3) is 3.66. The fourth-order valence-corrected chi connectivity index (χ4v) is 5.18. The maximum atomic E-state index is 13.2. The Morgan fingerprint density at radius 1 is 1.00 bits per heavy atom. The van der Waals surface area contributed by atoms with Gasteiger partial charge in [-0.2, -0.15) is 9.40 Å². The standard InChI is InChI=1S/C23H25N3O2S/c1-17-23(18(2)26(24-17)21-11-5-4-6-12-21)16-25(3)29(27,28)22-14-13-19-9-7-8-10-20(19)15-22/h4-12,15H,13-14,16H2,1-3H3. The van der Waals surface area contributed by atoms with Crippen molar-refractivity contribution >= 4 is 16.1 Å². The molecular formula is C23H25N3O2S. The molecule has 1 aliphatic carbocycles. The van der Waals surface area contributed by atoms with Gasteiger partial charge in [0.25, 0.3) is 0 Å². The van der Waals surface area contributed by atoms with Gasteiger partial charge in [-0.3, -0.25) is 0 Å². The summed E-state index contributed by atoms with van der Waals surface area (Å²) in [7, 11) is -1.89. The van der Waals surface area contributed by atoms with Crippen molar-refractivity contribution in [1.29, 1.82) is 0 Å². The van der Waals surface area contributed by atoms with Crippen LogP contribution in [-0.4, -0.2) is 29.6 Å². The Morgan fingerprint density at radius 3 is 2.45 bits per heavy atom. The van der Waals surface area contributed by atoms with Crippen LogP contribution in [0, 0.1) is 13.8 Å². The first-order valence-corrected chi connectivity index (χ1v) is 11.2. The molecule has 0 aliphatic heterocycles. The zero-order valence-corrected chi connectivity index (χ0v) is 17.8. The molecule has 0 N–H and O–H groups in total. The van der Waals surface area contributed by atoms with Crippen molar-refractivity contribution in [3.05, 3.63) is 87.6 Å². The summed E-state index contributed by atoms with van der Waals surface area (Å²) in [5.74, 6) is 0. The molecule has 0 unspecified atom stereocenters. The van der Waals surface area contributed by atoms with Crippen LogP contribution in [0.2, 0.25) is 0 Å². The van der Waals surface area contributed by atoms with E-state index in [-0.39, 0.29) is 0 Å². The molecule has 1 aliphatic rings. The Kier molecular flexibility index (Phi) is 5.15. The molecule has 0 spiro atoms. The molecule has 0 radical (unpaired) electrons. The summed E-state index contributed by atoms with van der Waals surface area (Å²) in [4.78, 5) is 0.476. The predicted octanol–water partition coefficient (Wildman–Crippen LogP) is 4.24. The van der Waals surface area contributed by atoms with Crippen LogP contribution in [0.15, 0.2) is 59.5 Å².